The SMILES string of the molecule is COc1ccc(C(NC(=O)CC(C)C2CCNCC2)c2nccn2C)cc1.Cl.Cl. The van der Waals surface area contributed by atoms with Gasteiger partial charge >= 0.3 is 0 Å². The molecule has 1 aromatic heterocycles. The molecule has 0 spiro atoms. The van der Waals surface area contributed by atoms with E-state index in [4.69, 9.17) is 4.74 Å². The third kappa shape index (κ3) is 6.63. The Morgan fingerprint density at radius 3 is 2.48 bits per heavy atom. The minimum Gasteiger partial charge on any atom is -0.497 e. The highest BCUT2D eigenvalue weighted by atomic mass is 35.5. The zero-order valence-electron chi connectivity index (χ0n) is 17.3. The summed E-state index contributed by atoms with van der Waals surface area (Å²) in [6, 6.07) is 7.51. The van der Waals surface area contributed by atoms with Gasteiger partial charge in [-0.15, -0.1) is 24.8 Å². The Morgan fingerprint density at radius 1 is 1.28 bits per heavy atom. The molecular formula is C21H32Cl2N4O2. The van der Waals surface area contributed by atoms with Gasteiger partial charge in [-0.1, -0.05) is 19.1 Å². The molecular weight excluding hydrogens is 411 g/mol. The number of ether oxygens (including phenoxy) is 1. The van der Waals surface area contributed by atoms with Crippen LogP contribution in [-0.2, 0) is 11.8 Å². The zero-order valence-corrected chi connectivity index (χ0v) is 18.9. The molecule has 1 aliphatic heterocycles. The van der Waals surface area contributed by atoms with E-state index in [2.05, 4.69) is 22.5 Å². The number of hydrogen-bond acceptors (Lipinski definition) is 4. The van der Waals surface area contributed by atoms with Crippen LogP contribution in [0.2, 0.25) is 0 Å². The fourth-order valence-electron chi connectivity index (χ4n) is 3.84. The van der Waals surface area contributed by atoms with Crippen LogP contribution in [0.25, 0.3) is 0 Å². The quantitative estimate of drug-likeness (QED) is 0.688. The number of methoxy groups -OCH3 is 1. The minimum absolute atomic E-state index is 0. The summed E-state index contributed by atoms with van der Waals surface area (Å²) in [5, 5.41) is 6.59. The molecule has 162 valence electrons. The third-order valence-corrected chi connectivity index (χ3v) is 5.57. The van der Waals surface area contributed by atoms with Crippen molar-refractivity contribution >= 4 is 30.7 Å². The molecule has 3 rings (SSSR count). The number of nitrogens with one attached hydrogen (secondary N) is 2. The molecule has 0 radical (unpaired) electrons. The van der Waals surface area contributed by atoms with Crippen LogP contribution >= 0.6 is 24.8 Å². The van der Waals surface area contributed by atoms with Crippen molar-refractivity contribution in [2.24, 2.45) is 18.9 Å². The first kappa shape index (κ1) is 25.3. The van der Waals surface area contributed by atoms with Crippen LogP contribution in [0.15, 0.2) is 36.7 Å². The summed E-state index contributed by atoms with van der Waals surface area (Å²) in [5.41, 5.74) is 0.993. The Hall–Kier alpha value is -1.76. The fraction of sp³-hybridized carbons (Fsp3) is 0.524. The number of benzene rings is 1. The van der Waals surface area contributed by atoms with E-state index in [0.717, 1.165) is 43.1 Å². The van der Waals surface area contributed by atoms with E-state index >= 15 is 0 Å². The first-order chi connectivity index (χ1) is 13.1. The Kier molecular flexibility index (Phi) is 10.5. The number of aryl methyl sites for hydroxylation is 1. The number of nitrogens with zero attached hydrogens (tertiary/aromatic N) is 2. The molecule has 6 nitrogen and oxygen atoms in total. The fourth-order valence-corrected chi connectivity index (χ4v) is 3.84. The molecule has 2 unspecified atom stereocenters. The average Bonchev–Trinajstić information content (AvgIpc) is 3.12. The molecule has 1 aliphatic rings. The van der Waals surface area contributed by atoms with Gasteiger partial charge in [0.05, 0.1) is 7.11 Å². The lowest BCUT2D eigenvalue weighted by atomic mass is 9.84. The lowest BCUT2D eigenvalue weighted by Gasteiger charge is -2.28. The number of hydrogen-bond donors (Lipinski definition) is 2. The summed E-state index contributed by atoms with van der Waals surface area (Å²) in [4.78, 5) is 17.3. The molecule has 8 heteroatoms. The maximum absolute atomic E-state index is 12.8. The molecule has 2 atom stereocenters. The summed E-state index contributed by atoms with van der Waals surface area (Å²) >= 11 is 0. The van der Waals surface area contributed by atoms with E-state index in [1.54, 1.807) is 13.3 Å². The molecule has 0 bridgehead atoms. The first-order valence-corrected chi connectivity index (χ1v) is 9.69. The highest BCUT2D eigenvalue weighted by Gasteiger charge is 2.25. The summed E-state index contributed by atoms with van der Waals surface area (Å²) in [7, 11) is 3.60. The van der Waals surface area contributed by atoms with E-state index in [1.165, 1.54) is 0 Å². The number of carbonyl (C=O) groups is 1. The third-order valence-electron chi connectivity index (χ3n) is 5.57. The minimum atomic E-state index is -0.274. The lowest BCUT2D eigenvalue weighted by molar-refractivity contribution is -0.122. The maximum Gasteiger partial charge on any atom is 0.221 e. The topological polar surface area (TPSA) is 68.2 Å². The monoisotopic (exact) mass is 442 g/mol. The number of aromatic nitrogens is 2. The van der Waals surface area contributed by atoms with E-state index in [9.17, 15) is 4.79 Å². The van der Waals surface area contributed by atoms with Gasteiger partial charge in [0.1, 0.15) is 17.6 Å². The number of carbonyl (C=O) groups excluding carboxylic acids is 1. The second-order valence-corrected chi connectivity index (χ2v) is 7.44. The largest absolute Gasteiger partial charge is 0.497 e. The molecule has 1 fully saturated rings. The van der Waals surface area contributed by atoms with Crippen molar-refractivity contribution in [1.82, 2.24) is 20.2 Å². The van der Waals surface area contributed by atoms with Crippen LogP contribution in [0.4, 0.5) is 0 Å². The predicted molar refractivity (Wildman–Crippen MR) is 120 cm³/mol. The molecule has 1 amide bonds. The van der Waals surface area contributed by atoms with Gasteiger partial charge in [-0.25, -0.2) is 4.98 Å². The number of amides is 1. The standard InChI is InChI=1S/C21H30N4O2.2ClH/c1-15(16-8-10-22-11-9-16)14-19(26)24-20(21-23-12-13-25(21)2)17-4-6-18(27-3)7-5-17;;/h4-7,12-13,15-16,20,22H,8-11,14H2,1-3H3,(H,24,26);2*1H. The zero-order chi connectivity index (χ0) is 19.2. The Balaban J connectivity index is 0.00000210. The Bertz CT molecular complexity index is 745. The molecule has 0 aliphatic carbocycles. The van der Waals surface area contributed by atoms with Gasteiger partial charge in [0.15, 0.2) is 0 Å². The number of rotatable bonds is 7. The van der Waals surface area contributed by atoms with Crippen molar-refractivity contribution in [3.63, 3.8) is 0 Å². The van der Waals surface area contributed by atoms with Crippen LogP contribution in [0.3, 0.4) is 0 Å². The van der Waals surface area contributed by atoms with Crippen LogP contribution in [0.1, 0.15) is 43.6 Å². The van der Waals surface area contributed by atoms with E-state index in [-0.39, 0.29) is 36.8 Å². The Morgan fingerprint density at radius 2 is 1.93 bits per heavy atom. The van der Waals surface area contributed by atoms with E-state index < -0.39 is 0 Å². The summed E-state index contributed by atoms with van der Waals surface area (Å²) in [6.45, 7) is 4.30. The van der Waals surface area contributed by atoms with E-state index in [1.807, 2.05) is 42.1 Å². The molecule has 1 aromatic carbocycles. The van der Waals surface area contributed by atoms with Crippen molar-refractivity contribution in [2.75, 3.05) is 20.2 Å². The van der Waals surface area contributed by atoms with Gasteiger partial charge in [-0.05, 0) is 55.5 Å². The highest BCUT2D eigenvalue weighted by Crippen LogP contribution is 2.26. The second-order valence-electron chi connectivity index (χ2n) is 7.44. The van der Waals surface area contributed by atoms with Crippen LogP contribution in [0.5, 0.6) is 5.75 Å². The van der Waals surface area contributed by atoms with Crippen molar-refractivity contribution in [1.29, 1.82) is 0 Å². The molecule has 1 saturated heterocycles. The molecule has 2 aromatic rings. The average molecular weight is 443 g/mol. The maximum atomic E-state index is 12.8. The van der Waals surface area contributed by atoms with Crippen molar-refractivity contribution < 1.29 is 9.53 Å². The summed E-state index contributed by atoms with van der Waals surface area (Å²) in [6.07, 6.45) is 6.50. The molecule has 29 heavy (non-hydrogen) atoms. The number of imidazole rings is 1. The molecule has 2 heterocycles. The van der Waals surface area contributed by atoms with Gasteiger partial charge in [0.25, 0.3) is 0 Å². The van der Waals surface area contributed by atoms with Crippen LogP contribution in [0, 0.1) is 11.8 Å². The summed E-state index contributed by atoms with van der Waals surface area (Å²) in [5.74, 6) is 2.69. The van der Waals surface area contributed by atoms with Crippen molar-refractivity contribution in [3.8, 4) is 5.75 Å². The number of halogens is 2. The van der Waals surface area contributed by atoms with Crippen molar-refractivity contribution in [2.45, 2.75) is 32.2 Å². The van der Waals surface area contributed by atoms with Crippen LogP contribution in [-0.4, -0.2) is 35.7 Å². The van der Waals surface area contributed by atoms with Gasteiger partial charge < -0.3 is 19.9 Å². The smallest absolute Gasteiger partial charge is 0.221 e. The van der Waals surface area contributed by atoms with Gasteiger partial charge in [0.2, 0.25) is 5.91 Å². The molecule has 2 N–H and O–H groups in total. The number of piperidine rings is 1. The van der Waals surface area contributed by atoms with Crippen LogP contribution < -0.4 is 15.4 Å². The second kappa shape index (κ2) is 12.1. The van der Waals surface area contributed by atoms with Crippen molar-refractivity contribution in [3.05, 3.63) is 48.0 Å². The molecule has 0 saturated carbocycles. The Labute approximate surface area is 185 Å². The lowest BCUT2D eigenvalue weighted by Crippen LogP contribution is -2.35. The van der Waals surface area contributed by atoms with Gasteiger partial charge in [-0.2, -0.15) is 0 Å². The van der Waals surface area contributed by atoms with Gasteiger partial charge in [-0.3, -0.25) is 4.79 Å². The summed E-state index contributed by atoms with van der Waals surface area (Å²) < 4.78 is 7.20. The predicted octanol–water partition coefficient (Wildman–Crippen LogP) is 3.50. The van der Waals surface area contributed by atoms with E-state index in [0.29, 0.717) is 18.3 Å². The highest BCUT2D eigenvalue weighted by molar-refractivity contribution is 5.85. The first-order valence-electron chi connectivity index (χ1n) is 9.69. The van der Waals surface area contributed by atoms with Gasteiger partial charge in [0, 0.05) is 25.9 Å². The normalized spacial score (nSPS) is 16.1.